The molecule has 4 fully saturated rings. The van der Waals surface area contributed by atoms with E-state index in [0.717, 1.165) is 42.4 Å². The van der Waals surface area contributed by atoms with Gasteiger partial charge in [-0.25, -0.2) is 0 Å². The molecule has 22 heavy (non-hydrogen) atoms. The lowest BCUT2D eigenvalue weighted by atomic mass is 9.44. The fraction of sp³-hybridized carbons (Fsp3) is 1.00. The molecule has 4 aliphatic carbocycles. The molecule has 0 spiro atoms. The lowest BCUT2D eigenvalue weighted by Gasteiger charge is -2.61. The summed E-state index contributed by atoms with van der Waals surface area (Å²) < 4.78 is 0. The van der Waals surface area contributed by atoms with Crippen molar-refractivity contribution in [3.63, 3.8) is 0 Å². The summed E-state index contributed by atoms with van der Waals surface area (Å²) in [5.74, 6) is 4.79. The maximum absolute atomic E-state index is 10.1. The molecule has 0 radical (unpaired) electrons. The summed E-state index contributed by atoms with van der Waals surface area (Å²) in [7, 11) is 0. The largest absolute Gasteiger partial charge is 0.393 e. The molecule has 0 aromatic carbocycles. The zero-order valence-corrected chi connectivity index (χ0v) is 15.0. The molecule has 1 nitrogen and oxygen atoms in total. The first-order valence-corrected chi connectivity index (χ1v) is 10.2. The Hall–Kier alpha value is -0.0400. The van der Waals surface area contributed by atoms with Gasteiger partial charge in [0, 0.05) is 0 Å². The molecule has 0 heterocycles. The van der Waals surface area contributed by atoms with E-state index in [2.05, 4.69) is 20.8 Å². The van der Waals surface area contributed by atoms with Gasteiger partial charge >= 0.3 is 0 Å². The first kappa shape index (κ1) is 15.5. The summed E-state index contributed by atoms with van der Waals surface area (Å²) in [5, 5.41) is 10.1. The normalized spacial score (nSPS) is 57.8. The summed E-state index contributed by atoms with van der Waals surface area (Å²) in [6.45, 7) is 7.68. The standard InChI is InChI=1S/C21H36O/c1-4-14-6-8-18-17-7-5-15-13-16(22)9-11-21(15,3)19(17)10-12-20(14,18)2/h14-19,22H,4-13H2,1-3H3/t14-,15?,16-,17?,18?,19?,20+,21-/m0/s1. The number of hydrogen-bond acceptors (Lipinski definition) is 1. The van der Waals surface area contributed by atoms with Crippen LogP contribution >= 0.6 is 0 Å². The van der Waals surface area contributed by atoms with Crippen LogP contribution < -0.4 is 0 Å². The predicted molar refractivity (Wildman–Crippen MR) is 91.5 cm³/mol. The second kappa shape index (κ2) is 5.23. The molecule has 0 aliphatic heterocycles. The third kappa shape index (κ3) is 2.00. The molecule has 4 aliphatic rings. The molecule has 126 valence electrons. The van der Waals surface area contributed by atoms with Crippen LogP contribution in [0.4, 0.5) is 0 Å². The van der Waals surface area contributed by atoms with E-state index in [9.17, 15) is 5.11 Å². The van der Waals surface area contributed by atoms with Crippen molar-refractivity contribution >= 4 is 0 Å². The number of rotatable bonds is 1. The second-order valence-electron chi connectivity index (χ2n) is 9.81. The summed E-state index contributed by atoms with van der Waals surface area (Å²) in [6, 6.07) is 0. The molecule has 8 atom stereocenters. The van der Waals surface area contributed by atoms with Crippen molar-refractivity contribution in [2.24, 2.45) is 40.4 Å². The number of fused-ring (bicyclic) bond motifs is 5. The van der Waals surface area contributed by atoms with Crippen LogP contribution in [0.3, 0.4) is 0 Å². The molecule has 4 unspecified atom stereocenters. The fourth-order valence-electron chi connectivity index (χ4n) is 8.01. The van der Waals surface area contributed by atoms with E-state index in [1.807, 2.05) is 0 Å². The Balaban J connectivity index is 1.61. The lowest BCUT2D eigenvalue weighted by Crippen LogP contribution is -2.53. The van der Waals surface area contributed by atoms with Gasteiger partial charge in [0.1, 0.15) is 0 Å². The van der Waals surface area contributed by atoms with Crippen LogP contribution in [0.2, 0.25) is 0 Å². The van der Waals surface area contributed by atoms with Crippen LogP contribution in [0.5, 0.6) is 0 Å². The van der Waals surface area contributed by atoms with Gasteiger partial charge in [-0.3, -0.25) is 0 Å². The van der Waals surface area contributed by atoms with Gasteiger partial charge in [0.2, 0.25) is 0 Å². The molecule has 4 saturated carbocycles. The van der Waals surface area contributed by atoms with Gasteiger partial charge in [-0.2, -0.15) is 0 Å². The number of aliphatic hydroxyl groups excluding tert-OH is 1. The van der Waals surface area contributed by atoms with E-state index in [4.69, 9.17) is 0 Å². The highest BCUT2D eigenvalue weighted by Gasteiger charge is 2.59. The molecule has 4 rings (SSSR count). The van der Waals surface area contributed by atoms with E-state index in [0.29, 0.717) is 10.8 Å². The topological polar surface area (TPSA) is 20.2 Å². The van der Waals surface area contributed by atoms with Crippen molar-refractivity contribution in [1.82, 2.24) is 0 Å². The van der Waals surface area contributed by atoms with E-state index in [-0.39, 0.29) is 6.10 Å². The van der Waals surface area contributed by atoms with Crippen molar-refractivity contribution < 1.29 is 5.11 Å². The lowest BCUT2D eigenvalue weighted by molar-refractivity contribution is -0.126. The second-order valence-corrected chi connectivity index (χ2v) is 9.81. The molecule has 0 aromatic rings. The monoisotopic (exact) mass is 304 g/mol. The highest BCUT2D eigenvalue weighted by atomic mass is 16.3. The van der Waals surface area contributed by atoms with Crippen molar-refractivity contribution in [3.05, 3.63) is 0 Å². The van der Waals surface area contributed by atoms with Crippen molar-refractivity contribution in [2.45, 2.75) is 91.1 Å². The van der Waals surface area contributed by atoms with E-state index in [1.165, 1.54) is 51.4 Å². The van der Waals surface area contributed by atoms with E-state index < -0.39 is 0 Å². The van der Waals surface area contributed by atoms with Crippen LogP contribution in [0.25, 0.3) is 0 Å². The molecule has 0 aromatic heterocycles. The number of hydrogen-bond donors (Lipinski definition) is 1. The van der Waals surface area contributed by atoms with Gasteiger partial charge in [0.05, 0.1) is 6.10 Å². The van der Waals surface area contributed by atoms with E-state index in [1.54, 1.807) is 0 Å². The molecule has 0 saturated heterocycles. The quantitative estimate of drug-likeness (QED) is 0.686. The SMILES string of the molecule is CC[C@H]1CCC2C3CCC4C[C@@H](O)CC[C@]4(C)C3CC[C@@]21C. The maximum Gasteiger partial charge on any atom is 0.0543 e. The predicted octanol–water partition coefficient (Wildman–Crippen LogP) is 5.42. The van der Waals surface area contributed by atoms with Crippen LogP contribution in [0, 0.1) is 40.4 Å². The van der Waals surface area contributed by atoms with Gasteiger partial charge in [-0.15, -0.1) is 0 Å². The average Bonchev–Trinajstić information content (AvgIpc) is 2.84. The summed E-state index contributed by atoms with van der Waals surface area (Å²) >= 11 is 0. The molecule has 0 amide bonds. The third-order valence-corrected chi connectivity index (χ3v) is 9.33. The van der Waals surface area contributed by atoms with Crippen LogP contribution in [-0.4, -0.2) is 11.2 Å². The Kier molecular flexibility index (Phi) is 3.68. The van der Waals surface area contributed by atoms with Crippen molar-refractivity contribution in [1.29, 1.82) is 0 Å². The molecule has 1 heteroatoms. The Bertz CT molecular complexity index is 432. The first-order chi connectivity index (χ1) is 10.5. The fourth-order valence-corrected chi connectivity index (χ4v) is 8.01. The maximum atomic E-state index is 10.1. The highest BCUT2D eigenvalue weighted by Crippen LogP contribution is 2.67. The Morgan fingerprint density at radius 1 is 0.864 bits per heavy atom. The summed E-state index contributed by atoms with van der Waals surface area (Å²) in [4.78, 5) is 0. The van der Waals surface area contributed by atoms with Crippen molar-refractivity contribution in [3.8, 4) is 0 Å². The minimum atomic E-state index is -0.000524. The van der Waals surface area contributed by atoms with Crippen LogP contribution in [0.1, 0.15) is 85.0 Å². The molecular formula is C21H36O. The Morgan fingerprint density at radius 3 is 2.36 bits per heavy atom. The first-order valence-electron chi connectivity index (χ1n) is 10.2. The van der Waals surface area contributed by atoms with Crippen LogP contribution in [0.15, 0.2) is 0 Å². The molecule has 0 bridgehead atoms. The average molecular weight is 305 g/mol. The number of aliphatic hydroxyl groups is 1. The van der Waals surface area contributed by atoms with E-state index >= 15 is 0 Å². The Labute approximate surface area is 137 Å². The highest BCUT2D eigenvalue weighted by molar-refractivity contribution is 5.08. The van der Waals surface area contributed by atoms with Gasteiger partial charge in [-0.05, 0) is 98.2 Å². The van der Waals surface area contributed by atoms with Gasteiger partial charge in [0.15, 0.2) is 0 Å². The third-order valence-electron chi connectivity index (χ3n) is 9.33. The minimum absolute atomic E-state index is 0.000524. The van der Waals surface area contributed by atoms with Gasteiger partial charge in [-0.1, -0.05) is 27.2 Å². The van der Waals surface area contributed by atoms with Crippen molar-refractivity contribution in [2.75, 3.05) is 0 Å². The minimum Gasteiger partial charge on any atom is -0.393 e. The molecule has 1 N–H and O–H groups in total. The zero-order chi connectivity index (χ0) is 15.5. The summed E-state index contributed by atoms with van der Waals surface area (Å²) in [5.41, 5.74) is 1.21. The smallest absolute Gasteiger partial charge is 0.0543 e. The van der Waals surface area contributed by atoms with Crippen LogP contribution in [-0.2, 0) is 0 Å². The summed E-state index contributed by atoms with van der Waals surface area (Å²) in [6.07, 6.45) is 13.7. The molecular weight excluding hydrogens is 268 g/mol. The van der Waals surface area contributed by atoms with Gasteiger partial charge < -0.3 is 5.11 Å². The Morgan fingerprint density at radius 2 is 1.59 bits per heavy atom. The zero-order valence-electron chi connectivity index (χ0n) is 15.0. The van der Waals surface area contributed by atoms with Gasteiger partial charge in [0.25, 0.3) is 0 Å².